The van der Waals surface area contributed by atoms with Crippen LogP contribution in [0.5, 0.6) is 5.75 Å². The molecule has 0 spiro atoms. The summed E-state index contributed by atoms with van der Waals surface area (Å²) in [5.41, 5.74) is 0.972. The largest absolute Gasteiger partial charge is 0.484 e. The Kier molecular flexibility index (Phi) is 5.64. The third kappa shape index (κ3) is 5.06. The fourth-order valence-corrected chi connectivity index (χ4v) is 2.46. The SMILES string of the molecule is O=C(COc1ccc(Cl)cc1)NC(Cn1nccn1)c1ccccc1. The van der Waals surface area contributed by atoms with E-state index in [1.807, 2.05) is 30.3 Å². The number of hydrogen-bond donors (Lipinski definition) is 1. The van der Waals surface area contributed by atoms with E-state index in [2.05, 4.69) is 15.5 Å². The number of amides is 1. The van der Waals surface area contributed by atoms with Crippen LogP contribution in [0.15, 0.2) is 67.0 Å². The summed E-state index contributed by atoms with van der Waals surface area (Å²) in [6, 6.07) is 16.3. The van der Waals surface area contributed by atoms with Crippen molar-refractivity contribution in [3.05, 3.63) is 77.6 Å². The lowest BCUT2D eigenvalue weighted by atomic mass is 10.1. The van der Waals surface area contributed by atoms with E-state index < -0.39 is 0 Å². The van der Waals surface area contributed by atoms with Crippen LogP contribution in [-0.4, -0.2) is 27.5 Å². The fourth-order valence-electron chi connectivity index (χ4n) is 2.34. The van der Waals surface area contributed by atoms with E-state index in [4.69, 9.17) is 16.3 Å². The van der Waals surface area contributed by atoms with Crippen molar-refractivity contribution < 1.29 is 9.53 Å². The van der Waals surface area contributed by atoms with Crippen LogP contribution in [0.3, 0.4) is 0 Å². The Morgan fingerprint density at radius 3 is 2.44 bits per heavy atom. The molecule has 0 bridgehead atoms. The molecule has 3 rings (SSSR count). The Morgan fingerprint density at radius 2 is 1.76 bits per heavy atom. The summed E-state index contributed by atoms with van der Waals surface area (Å²) in [7, 11) is 0. The van der Waals surface area contributed by atoms with Crippen molar-refractivity contribution in [3.8, 4) is 5.75 Å². The second-order valence-electron chi connectivity index (χ2n) is 5.36. The molecular formula is C18H17ClN4O2. The minimum atomic E-state index is -0.255. The fraction of sp³-hybridized carbons (Fsp3) is 0.167. The lowest BCUT2D eigenvalue weighted by Gasteiger charge is -2.19. The average molecular weight is 357 g/mol. The predicted octanol–water partition coefficient (Wildman–Crippen LogP) is 2.87. The number of rotatable bonds is 7. The molecule has 6 nitrogen and oxygen atoms in total. The van der Waals surface area contributed by atoms with Gasteiger partial charge in [0.1, 0.15) is 5.75 Å². The minimum absolute atomic E-state index is 0.0858. The third-order valence-electron chi connectivity index (χ3n) is 3.53. The first-order valence-corrected chi connectivity index (χ1v) is 8.15. The van der Waals surface area contributed by atoms with E-state index >= 15 is 0 Å². The Hall–Kier alpha value is -2.86. The molecule has 0 fully saturated rings. The highest BCUT2D eigenvalue weighted by atomic mass is 35.5. The number of carbonyl (C=O) groups is 1. The van der Waals surface area contributed by atoms with Crippen molar-refractivity contribution in [2.45, 2.75) is 12.6 Å². The smallest absolute Gasteiger partial charge is 0.258 e. The summed E-state index contributed by atoms with van der Waals surface area (Å²) in [6.45, 7) is 0.348. The highest BCUT2D eigenvalue weighted by molar-refractivity contribution is 6.30. The number of hydrogen-bond acceptors (Lipinski definition) is 4. The van der Waals surface area contributed by atoms with Gasteiger partial charge in [-0.25, -0.2) is 0 Å². The lowest BCUT2D eigenvalue weighted by Crippen LogP contribution is -2.35. The number of halogens is 1. The Bertz CT molecular complexity index is 792. The molecule has 1 heterocycles. The van der Waals surface area contributed by atoms with Crippen LogP contribution in [0.4, 0.5) is 0 Å². The van der Waals surface area contributed by atoms with Gasteiger partial charge in [0.15, 0.2) is 6.61 Å². The second-order valence-corrected chi connectivity index (χ2v) is 5.79. The third-order valence-corrected chi connectivity index (χ3v) is 3.79. The summed E-state index contributed by atoms with van der Waals surface area (Å²) in [6.07, 6.45) is 3.21. The van der Waals surface area contributed by atoms with Crippen molar-refractivity contribution in [1.82, 2.24) is 20.3 Å². The molecule has 1 amide bonds. The first kappa shape index (κ1) is 17.0. The van der Waals surface area contributed by atoms with Crippen LogP contribution >= 0.6 is 11.6 Å². The number of ether oxygens (including phenoxy) is 1. The molecule has 1 N–H and O–H groups in total. The maximum atomic E-state index is 12.3. The summed E-state index contributed by atoms with van der Waals surface area (Å²) >= 11 is 5.83. The Balaban J connectivity index is 1.62. The standard InChI is InChI=1S/C18H17ClN4O2/c19-15-6-8-16(9-7-15)25-13-18(24)22-17(12-23-20-10-11-21-23)14-4-2-1-3-5-14/h1-11,17H,12-13H2,(H,22,24). The molecule has 3 aromatic rings. The number of nitrogens with zero attached hydrogens (tertiary/aromatic N) is 3. The zero-order valence-corrected chi connectivity index (χ0v) is 14.1. The molecule has 25 heavy (non-hydrogen) atoms. The highest BCUT2D eigenvalue weighted by Crippen LogP contribution is 2.16. The van der Waals surface area contributed by atoms with Gasteiger partial charge in [-0.05, 0) is 29.8 Å². The highest BCUT2D eigenvalue weighted by Gasteiger charge is 2.16. The van der Waals surface area contributed by atoms with E-state index in [1.54, 1.807) is 36.7 Å². The molecule has 0 radical (unpaired) electrons. The number of aromatic nitrogens is 3. The van der Waals surface area contributed by atoms with Crippen LogP contribution in [0.25, 0.3) is 0 Å². The molecule has 0 aliphatic carbocycles. The number of carbonyl (C=O) groups excluding carboxylic acids is 1. The van der Waals surface area contributed by atoms with E-state index in [0.717, 1.165) is 5.56 Å². The normalized spacial score (nSPS) is 11.7. The van der Waals surface area contributed by atoms with Crippen molar-refractivity contribution >= 4 is 17.5 Å². The van der Waals surface area contributed by atoms with Gasteiger partial charge in [-0.15, -0.1) is 0 Å². The van der Waals surface area contributed by atoms with E-state index in [0.29, 0.717) is 17.3 Å². The Morgan fingerprint density at radius 1 is 1.08 bits per heavy atom. The molecule has 0 aliphatic rings. The van der Waals surface area contributed by atoms with Crippen LogP contribution < -0.4 is 10.1 Å². The summed E-state index contributed by atoms with van der Waals surface area (Å²) in [4.78, 5) is 13.8. The number of nitrogens with one attached hydrogen (secondary N) is 1. The van der Waals surface area contributed by atoms with Gasteiger partial charge in [0.2, 0.25) is 0 Å². The quantitative estimate of drug-likeness (QED) is 0.706. The molecule has 2 aromatic carbocycles. The summed E-state index contributed by atoms with van der Waals surface area (Å²) < 4.78 is 5.49. The summed E-state index contributed by atoms with van der Waals surface area (Å²) in [5.74, 6) is 0.362. The number of benzene rings is 2. The van der Waals surface area contributed by atoms with Gasteiger partial charge in [-0.3, -0.25) is 4.79 Å². The van der Waals surface area contributed by atoms with Crippen molar-refractivity contribution in [1.29, 1.82) is 0 Å². The van der Waals surface area contributed by atoms with Crippen molar-refractivity contribution in [2.24, 2.45) is 0 Å². The van der Waals surface area contributed by atoms with E-state index in [-0.39, 0.29) is 18.6 Å². The molecule has 1 unspecified atom stereocenters. The maximum absolute atomic E-state index is 12.3. The topological polar surface area (TPSA) is 69.0 Å². The van der Waals surface area contributed by atoms with E-state index in [9.17, 15) is 4.79 Å². The van der Waals surface area contributed by atoms with Crippen LogP contribution in [0.1, 0.15) is 11.6 Å². The predicted molar refractivity (Wildman–Crippen MR) is 94.3 cm³/mol. The summed E-state index contributed by atoms with van der Waals surface area (Å²) in [5, 5.41) is 11.8. The molecule has 0 aliphatic heterocycles. The van der Waals surface area contributed by atoms with Gasteiger partial charge in [0.25, 0.3) is 5.91 Å². The molecular weight excluding hydrogens is 340 g/mol. The molecule has 0 saturated heterocycles. The average Bonchev–Trinajstić information content (AvgIpc) is 3.15. The van der Waals surface area contributed by atoms with Crippen LogP contribution in [0, 0.1) is 0 Å². The first-order chi connectivity index (χ1) is 12.2. The van der Waals surface area contributed by atoms with Gasteiger partial charge >= 0.3 is 0 Å². The van der Waals surface area contributed by atoms with Gasteiger partial charge in [0.05, 0.1) is 25.0 Å². The van der Waals surface area contributed by atoms with Gasteiger partial charge in [-0.1, -0.05) is 41.9 Å². The molecule has 128 valence electrons. The molecule has 1 aromatic heterocycles. The minimum Gasteiger partial charge on any atom is -0.484 e. The van der Waals surface area contributed by atoms with E-state index in [1.165, 1.54) is 4.80 Å². The molecule has 7 heteroatoms. The van der Waals surface area contributed by atoms with Gasteiger partial charge in [0, 0.05) is 5.02 Å². The second kappa shape index (κ2) is 8.30. The first-order valence-electron chi connectivity index (χ1n) is 7.77. The zero-order chi connectivity index (χ0) is 17.5. The zero-order valence-electron chi connectivity index (χ0n) is 13.4. The van der Waals surface area contributed by atoms with Crippen LogP contribution in [0.2, 0.25) is 5.02 Å². The van der Waals surface area contributed by atoms with Gasteiger partial charge in [-0.2, -0.15) is 15.0 Å². The van der Waals surface area contributed by atoms with Gasteiger partial charge < -0.3 is 10.1 Å². The lowest BCUT2D eigenvalue weighted by molar-refractivity contribution is -0.124. The maximum Gasteiger partial charge on any atom is 0.258 e. The van der Waals surface area contributed by atoms with Crippen molar-refractivity contribution in [2.75, 3.05) is 6.61 Å². The van der Waals surface area contributed by atoms with Crippen molar-refractivity contribution in [3.63, 3.8) is 0 Å². The Labute approximate surface area is 150 Å². The molecule has 1 atom stereocenters. The molecule has 0 saturated carbocycles. The van der Waals surface area contributed by atoms with Crippen LogP contribution in [-0.2, 0) is 11.3 Å². The monoisotopic (exact) mass is 356 g/mol.